The topological polar surface area (TPSA) is 47.0 Å². The van der Waals surface area contributed by atoms with Crippen molar-refractivity contribution in [3.63, 3.8) is 0 Å². The summed E-state index contributed by atoms with van der Waals surface area (Å²) in [5, 5.41) is 3.31. The number of anilines is 1. The van der Waals surface area contributed by atoms with E-state index in [1.54, 1.807) is 7.11 Å². The van der Waals surface area contributed by atoms with Crippen molar-refractivity contribution in [2.24, 2.45) is 5.41 Å². The maximum atomic E-state index is 5.67. The van der Waals surface area contributed by atoms with E-state index in [1.807, 2.05) is 0 Å². The molecule has 1 aromatic rings. The van der Waals surface area contributed by atoms with Crippen molar-refractivity contribution in [2.75, 3.05) is 19.0 Å². The van der Waals surface area contributed by atoms with Gasteiger partial charge in [0.15, 0.2) is 5.82 Å². The van der Waals surface area contributed by atoms with E-state index in [0.29, 0.717) is 0 Å². The van der Waals surface area contributed by atoms with Gasteiger partial charge in [-0.3, -0.25) is 0 Å². The standard InChI is InChI=1S/C16H28BrN3O/c1-9-18-13-10(17)11(15(2,3)4)19-14(20-13)12(21-8)16(5,6)7/h12H,9H2,1-8H3,(H,18,19,20). The van der Waals surface area contributed by atoms with Crippen molar-refractivity contribution in [1.82, 2.24) is 9.97 Å². The van der Waals surface area contributed by atoms with Crippen LogP contribution in [0.25, 0.3) is 0 Å². The Labute approximate surface area is 137 Å². The summed E-state index contributed by atoms with van der Waals surface area (Å²) in [4.78, 5) is 9.48. The third-order valence-corrected chi connectivity index (χ3v) is 3.93. The summed E-state index contributed by atoms with van der Waals surface area (Å²) < 4.78 is 6.61. The lowest BCUT2D eigenvalue weighted by molar-refractivity contribution is 0.00845. The summed E-state index contributed by atoms with van der Waals surface area (Å²) >= 11 is 3.65. The van der Waals surface area contributed by atoms with Gasteiger partial charge in [0.1, 0.15) is 11.9 Å². The van der Waals surface area contributed by atoms with Gasteiger partial charge in [-0.2, -0.15) is 0 Å². The van der Waals surface area contributed by atoms with Crippen molar-refractivity contribution in [3.05, 3.63) is 16.0 Å². The highest BCUT2D eigenvalue weighted by atomic mass is 79.9. The van der Waals surface area contributed by atoms with Gasteiger partial charge in [-0.1, -0.05) is 41.5 Å². The highest BCUT2D eigenvalue weighted by Crippen LogP contribution is 2.38. The molecule has 0 radical (unpaired) electrons. The van der Waals surface area contributed by atoms with E-state index in [2.05, 4.69) is 74.7 Å². The van der Waals surface area contributed by atoms with Crippen LogP contribution in [0.5, 0.6) is 0 Å². The average Bonchev–Trinajstić information content (AvgIpc) is 2.30. The van der Waals surface area contributed by atoms with E-state index < -0.39 is 0 Å². The van der Waals surface area contributed by atoms with Crippen LogP contribution < -0.4 is 5.32 Å². The summed E-state index contributed by atoms with van der Waals surface area (Å²) in [5.74, 6) is 1.56. The van der Waals surface area contributed by atoms with Crippen LogP contribution in [0.1, 0.15) is 66.1 Å². The predicted molar refractivity (Wildman–Crippen MR) is 91.8 cm³/mol. The Balaban J connectivity index is 3.50. The molecule has 0 fully saturated rings. The molecule has 0 saturated heterocycles. The largest absolute Gasteiger partial charge is 0.373 e. The molecule has 0 amide bonds. The Morgan fingerprint density at radius 3 is 2.10 bits per heavy atom. The van der Waals surface area contributed by atoms with Crippen molar-refractivity contribution < 1.29 is 4.74 Å². The van der Waals surface area contributed by atoms with Crippen LogP contribution in [0.2, 0.25) is 0 Å². The number of halogens is 1. The van der Waals surface area contributed by atoms with Gasteiger partial charge in [0.25, 0.3) is 0 Å². The molecule has 120 valence electrons. The molecule has 1 unspecified atom stereocenters. The molecule has 1 atom stereocenters. The Morgan fingerprint density at radius 1 is 1.14 bits per heavy atom. The molecule has 5 heteroatoms. The number of nitrogens with zero attached hydrogens (tertiary/aromatic N) is 2. The lowest BCUT2D eigenvalue weighted by Crippen LogP contribution is -2.26. The molecule has 21 heavy (non-hydrogen) atoms. The third kappa shape index (κ3) is 4.39. The van der Waals surface area contributed by atoms with Crippen molar-refractivity contribution in [3.8, 4) is 0 Å². The van der Waals surface area contributed by atoms with Crippen LogP contribution in [-0.4, -0.2) is 23.6 Å². The fourth-order valence-corrected chi connectivity index (χ4v) is 3.12. The van der Waals surface area contributed by atoms with Crippen LogP contribution in [0.15, 0.2) is 4.47 Å². The van der Waals surface area contributed by atoms with E-state index in [4.69, 9.17) is 9.72 Å². The highest BCUT2D eigenvalue weighted by molar-refractivity contribution is 9.10. The van der Waals surface area contributed by atoms with Crippen molar-refractivity contribution in [2.45, 2.75) is 60.0 Å². The van der Waals surface area contributed by atoms with E-state index in [1.165, 1.54) is 0 Å². The molecule has 0 bridgehead atoms. The average molecular weight is 358 g/mol. The molecule has 1 aromatic heterocycles. The van der Waals surface area contributed by atoms with Crippen LogP contribution in [-0.2, 0) is 10.2 Å². The van der Waals surface area contributed by atoms with Gasteiger partial charge in [0, 0.05) is 19.1 Å². The Kier molecular flexibility index (Phi) is 5.78. The third-order valence-electron chi connectivity index (χ3n) is 3.18. The number of methoxy groups -OCH3 is 1. The first-order valence-corrected chi connectivity index (χ1v) is 8.16. The number of hydrogen-bond donors (Lipinski definition) is 1. The van der Waals surface area contributed by atoms with Gasteiger partial charge >= 0.3 is 0 Å². The zero-order valence-corrected chi connectivity index (χ0v) is 16.1. The van der Waals surface area contributed by atoms with Gasteiger partial charge < -0.3 is 10.1 Å². The summed E-state index contributed by atoms with van der Waals surface area (Å²) in [6.07, 6.45) is -0.149. The molecule has 1 heterocycles. The fraction of sp³-hybridized carbons (Fsp3) is 0.750. The van der Waals surface area contributed by atoms with Gasteiger partial charge in [-0.15, -0.1) is 0 Å². The Bertz CT molecular complexity index is 490. The Morgan fingerprint density at radius 2 is 1.71 bits per heavy atom. The predicted octanol–water partition coefficient (Wildman–Crippen LogP) is 4.70. The van der Waals surface area contributed by atoms with Crippen LogP contribution in [0.4, 0.5) is 5.82 Å². The lowest BCUT2D eigenvalue weighted by Gasteiger charge is -2.30. The number of rotatable bonds is 4. The van der Waals surface area contributed by atoms with Crippen LogP contribution in [0, 0.1) is 5.41 Å². The zero-order chi connectivity index (χ0) is 16.4. The highest BCUT2D eigenvalue weighted by Gasteiger charge is 2.32. The monoisotopic (exact) mass is 357 g/mol. The van der Waals surface area contributed by atoms with E-state index in [9.17, 15) is 0 Å². The molecule has 0 aliphatic heterocycles. The molecule has 0 aliphatic carbocycles. The summed E-state index contributed by atoms with van der Waals surface area (Å²) in [5.41, 5.74) is 0.854. The quantitative estimate of drug-likeness (QED) is 0.847. The molecule has 0 aliphatic rings. The van der Waals surface area contributed by atoms with Crippen LogP contribution >= 0.6 is 15.9 Å². The van der Waals surface area contributed by atoms with E-state index >= 15 is 0 Å². The SMILES string of the molecule is CCNc1nc(C(OC)C(C)(C)C)nc(C(C)(C)C)c1Br. The molecular formula is C16H28BrN3O. The molecule has 0 saturated carbocycles. The van der Waals surface area contributed by atoms with Crippen LogP contribution in [0.3, 0.4) is 0 Å². The zero-order valence-electron chi connectivity index (χ0n) is 14.5. The number of aromatic nitrogens is 2. The molecular weight excluding hydrogens is 330 g/mol. The second-order valence-corrected chi connectivity index (χ2v) is 8.15. The molecule has 0 spiro atoms. The number of ether oxygens (including phenoxy) is 1. The van der Waals surface area contributed by atoms with E-state index in [-0.39, 0.29) is 16.9 Å². The summed E-state index contributed by atoms with van der Waals surface area (Å²) in [6, 6.07) is 0. The van der Waals surface area contributed by atoms with Crippen molar-refractivity contribution in [1.29, 1.82) is 0 Å². The first-order valence-electron chi connectivity index (χ1n) is 7.37. The van der Waals surface area contributed by atoms with Gasteiger partial charge in [-0.05, 0) is 28.3 Å². The fourth-order valence-electron chi connectivity index (χ4n) is 2.21. The second kappa shape index (κ2) is 6.61. The molecule has 1 N–H and O–H groups in total. The van der Waals surface area contributed by atoms with Crippen molar-refractivity contribution >= 4 is 21.7 Å². The Hall–Kier alpha value is -0.680. The first kappa shape index (κ1) is 18.4. The maximum Gasteiger partial charge on any atom is 0.160 e. The van der Waals surface area contributed by atoms with E-state index in [0.717, 1.165) is 28.4 Å². The minimum Gasteiger partial charge on any atom is -0.373 e. The van der Waals surface area contributed by atoms with Gasteiger partial charge in [0.05, 0.1) is 10.2 Å². The minimum atomic E-state index is -0.149. The van der Waals surface area contributed by atoms with Gasteiger partial charge in [0.2, 0.25) is 0 Å². The number of hydrogen-bond acceptors (Lipinski definition) is 4. The maximum absolute atomic E-state index is 5.67. The molecule has 1 rings (SSSR count). The number of nitrogens with one attached hydrogen (secondary N) is 1. The minimum absolute atomic E-state index is 0.0682. The van der Waals surface area contributed by atoms with Gasteiger partial charge in [-0.25, -0.2) is 9.97 Å². The first-order chi connectivity index (χ1) is 9.52. The smallest absolute Gasteiger partial charge is 0.160 e. The molecule has 4 nitrogen and oxygen atoms in total. The normalized spacial score (nSPS) is 14.1. The summed E-state index contributed by atoms with van der Waals surface area (Å²) in [6.45, 7) is 15.7. The lowest BCUT2D eigenvalue weighted by atomic mass is 9.87. The second-order valence-electron chi connectivity index (χ2n) is 7.36. The molecule has 0 aromatic carbocycles. The summed E-state index contributed by atoms with van der Waals surface area (Å²) in [7, 11) is 1.71.